The lowest BCUT2D eigenvalue weighted by Crippen LogP contribution is -2.44. The normalized spacial score (nSPS) is 13.9. The molecule has 0 aromatic heterocycles. The van der Waals surface area contributed by atoms with Crippen molar-refractivity contribution in [2.75, 3.05) is 47.5 Å². The number of carbonyl (C=O) groups is 3. The molecule has 2 atom stereocenters. The number of carboxylic acid groups (broad SMARTS) is 1. The van der Waals surface area contributed by atoms with Crippen molar-refractivity contribution in [3.63, 3.8) is 0 Å². The molecule has 0 aromatic carbocycles. The summed E-state index contributed by atoms with van der Waals surface area (Å²) in [7, 11) is 5.90. The molecule has 0 spiro atoms. The van der Waals surface area contributed by atoms with Gasteiger partial charge in [0, 0.05) is 12.8 Å². The maximum Gasteiger partial charge on any atom is 0.306 e. The van der Waals surface area contributed by atoms with Crippen LogP contribution in [-0.4, -0.2) is 82.3 Å². The molecule has 0 heterocycles. The Balaban J connectivity index is 4.26. The standard InChI is InChI=1S/C72H113NO8/c1-6-8-10-12-14-16-18-20-22-24-26-27-28-29-30-31-32-33-34-35-36-37-38-39-40-41-42-43-45-47-49-51-53-55-57-59-61-63-70(75)81-68(67-80-72(71(76)77)78-65-64-73(3,4)5)66-79-69(74)62-60-58-56-54-52-50-48-46-44-25-23-21-19-17-15-13-11-9-7-2/h8-11,14-17,20-23,26-27,29-30,32-33,35-36,38-39,41-42,44,46,50,52,68,72H,6-7,12-13,18-19,24-25,28,31,34,37,40,43,45,47-49,51,53-67H2,1-5H3/b10-8-,11-9-,16-14-,17-15-,22-20-,23-21-,27-26-,30-29-,33-32-,36-35-,39-38-,42-41-,46-44-,52-50-. The van der Waals surface area contributed by atoms with E-state index in [0.29, 0.717) is 23.9 Å². The smallest absolute Gasteiger partial charge is 0.306 e. The first-order chi connectivity index (χ1) is 39.6. The molecule has 0 aromatic rings. The number of hydrogen-bond donors (Lipinski definition) is 0. The van der Waals surface area contributed by atoms with Crippen LogP contribution in [0, 0.1) is 0 Å². The zero-order chi connectivity index (χ0) is 59.1. The van der Waals surface area contributed by atoms with Crippen molar-refractivity contribution in [3.05, 3.63) is 170 Å². The molecule has 0 fully saturated rings. The van der Waals surface area contributed by atoms with Crippen LogP contribution in [0.15, 0.2) is 170 Å². The Labute approximate surface area is 495 Å². The van der Waals surface area contributed by atoms with Gasteiger partial charge in [-0.1, -0.05) is 235 Å². The fourth-order valence-electron chi connectivity index (χ4n) is 7.73. The van der Waals surface area contributed by atoms with Gasteiger partial charge in [-0.2, -0.15) is 0 Å². The van der Waals surface area contributed by atoms with E-state index in [2.05, 4.69) is 184 Å². The quantitative estimate of drug-likeness (QED) is 0.0195. The van der Waals surface area contributed by atoms with Gasteiger partial charge in [-0.3, -0.25) is 9.59 Å². The van der Waals surface area contributed by atoms with Gasteiger partial charge in [0.2, 0.25) is 0 Å². The highest BCUT2D eigenvalue weighted by molar-refractivity contribution is 5.70. The molecule has 2 unspecified atom stereocenters. The molecule has 0 rings (SSSR count). The van der Waals surface area contributed by atoms with Crippen LogP contribution in [0.3, 0.4) is 0 Å². The van der Waals surface area contributed by atoms with E-state index in [1.54, 1.807) is 0 Å². The molecule has 0 saturated carbocycles. The van der Waals surface area contributed by atoms with Crippen LogP contribution in [0.2, 0.25) is 0 Å². The summed E-state index contributed by atoms with van der Waals surface area (Å²) >= 11 is 0. The van der Waals surface area contributed by atoms with Gasteiger partial charge in [-0.05, 0) is 128 Å². The highest BCUT2D eigenvalue weighted by atomic mass is 16.7. The number of aliphatic carboxylic acids is 1. The van der Waals surface area contributed by atoms with Gasteiger partial charge in [-0.25, -0.2) is 0 Å². The minimum Gasteiger partial charge on any atom is -0.545 e. The predicted octanol–water partition coefficient (Wildman–Crippen LogP) is 17.8. The van der Waals surface area contributed by atoms with Crippen LogP contribution in [0.25, 0.3) is 0 Å². The molecule has 0 aliphatic carbocycles. The molecule has 81 heavy (non-hydrogen) atoms. The highest BCUT2D eigenvalue weighted by Crippen LogP contribution is 2.14. The van der Waals surface area contributed by atoms with Crippen LogP contribution in [-0.2, 0) is 33.3 Å². The number of likely N-dealkylation sites (N-methyl/N-ethyl adjacent to an activating group) is 1. The number of hydrogen-bond acceptors (Lipinski definition) is 8. The molecule has 454 valence electrons. The molecule has 0 bridgehead atoms. The molecule has 0 saturated heterocycles. The van der Waals surface area contributed by atoms with Gasteiger partial charge in [0.15, 0.2) is 12.4 Å². The van der Waals surface area contributed by atoms with Gasteiger partial charge in [-0.15, -0.1) is 0 Å². The number of rotatable bonds is 55. The lowest BCUT2D eigenvalue weighted by atomic mass is 10.1. The largest absolute Gasteiger partial charge is 0.545 e. The van der Waals surface area contributed by atoms with E-state index < -0.39 is 30.3 Å². The second-order valence-corrected chi connectivity index (χ2v) is 21.2. The molecular weight excluding hydrogens is 1010 g/mol. The minimum absolute atomic E-state index is 0.131. The Bertz CT molecular complexity index is 1930. The van der Waals surface area contributed by atoms with Gasteiger partial charge in [0.25, 0.3) is 0 Å². The lowest BCUT2D eigenvalue weighted by Gasteiger charge is -2.26. The SMILES string of the molecule is CC/C=C\C/C=C\C/C=C\C/C=C\C/C=C\C/C=C\C/C=C\C/C=C\C/C=C\CCCCCCCCCCCC(=O)OC(COC(=O)CCCCC/C=C\C/C=C\C/C=C\C/C=C\C/C=C\CC)COC(OCC[N+](C)(C)C)C(=O)[O-]. The molecule has 9 nitrogen and oxygen atoms in total. The number of carboxylic acids is 1. The van der Waals surface area contributed by atoms with Gasteiger partial charge >= 0.3 is 11.9 Å². The zero-order valence-electron chi connectivity index (χ0n) is 51.6. The Hall–Kier alpha value is -5.35. The minimum atomic E-state index is -1.64. The second-order valence-electron chi connectivity index (χ2n) is 21.2. The maximum atomic E-state index is 12.9. The number of ether oxygens (including phenoxy) is 4. The number of unbranched alkanes of at least 4 members (excludes halogenated alkanes) is 12. The van der Waals surface area contributed by atoms with E-state index in [-0.39, 0.29) is 32.7 Å². The summed E-state index contributed by atoms with van der Waals surface area (Å²) in [5.74, 6) is -2.36. The van der Waals surface area contributed by atoms with Gasteiger partial charge < -0.3 is 33.3 Å². The molecule has 0 aliphatic heterocycles. The summed E-state index contributed by atoms with van der Waals surface area (Å²) in [6, 6.07) is 0. The summed E-state index contributed by atoms with van der Waals surface area (Å²) in [5, 5.41) is 11.8. The lowest BCUT2D eigenvalue weighted by molar-refractivity contribution is -0.870. The average molecular weight is 1120 g/mol. The van der Waals surface area contributed by atoms with Crippen LogP contribution in [0.1, 0.15) is 206 Å². The van der Waals surface area contributed by atoms with Crippen LogP contribution < -0.4 is 5.11 Å². The first-order valence-corrected chi connectivity index (χ1v) is 31.3. The Morgan fingerprint density at radius 1 is 0.370 bits per heavy atom. The summed E-state index contributed by atoms with van der Waals surface area (Å²) < 4.78 is 22.7. The second kappa shape index (κ2) is 60.7. The van der Waals surface area contributed by atoms with E-state index >= 15 is 0 Å². The predicted molar refractivity (Wildman–Crippen MR) is 342 cm³/mol. The maximum absolute atomic E-state index is 12.9. The number of quaternary nitrogens is 1. The molecule has 0 aliphatic rings. The summed E-state index contributed by atoms with van der Waals surface area (Å²) in [5.41, 5.74) is 0. The van der Waals surface area contributed by atoms with E-state index in [4.69, 9.17) is 18.9 Å². The Morgan fingerprint density at radius 2 is 0.667 bits per heavy atom. The van der Waals surface area contributed by atoms with Crippen molar-refractivity contribution in [1.82, 2.24) is 0 Å². The molecule has 0 amide bonds. The van der Waals surface area contributed by atoms with Crippen molar-refractivity contribution in [1.29, 1.82) is 0 Å². The first kappa shape index (κ1) is 75.7. The fraction of sp³-hybridized carbons (Fsp3) is 0.569. The zero-order valence-corrected chi connectivity index (χ0v) is 51.6. The van der Waals surface area contributed by atoms with Crippen LogP contribution >= 0.6 is 0 Å². The van der Waals surface area contributed by atoms with E-state index in [9.17, 15) is 19.5 Å². The molecule has 9 heteroatoms. The van der Waals surface area contributed by atoms with E-state index in [0.717, 1.165) is 135 Å². The third-order valence-corrected chi connectivity index (χ3v) is 12.5. The monoisotopic (exact) mass is 1120 g/mol. The van der Waals surface area contributed by atoms with Gasteiger partial charge in [0.05, 0.1) is 40.3 Å². The highest BCUT2D eigenvalue weighted by Gasteiger charge is 2.22. The van der Waals surface area contributed by atoms with Crippen molar-refractivity contribution in [3.8, 4) is 0 Å². The Kier molecular flexibility index (Phi) is 56.7. The third kappa shape index (κ3) is 62.1. The van der Waals surface area contributed by atoms with Crippen molar-refractivity contribution < 1.29 is 42.9 Å². The van der Waals surface area contributed by atoms with Crippen molar-refractivity contribution >= 4 is 17.9 Å². The number of esters is 2. The fourth-order valence-corrected chi connectivity index (χ4v) is 7.73. The van der Waals surface area contributed by atoms with E-state index in [1.807, 2.05) is 21.1 Å². The number of carbonyl (C=O) groups excluding carboxylic acids is 3. The first-order valence-electron chi connectivity index (χ1n) is 31.3. The van der Waals surface area contributed by atoms with Crippen molar-refractivity contribution in [2.24, 2.45) is 0 Å². The number of nitrogens with zero attached hydrogens (tertiary/aromatic N) is 1. The Morgan fingerprint density at radius 3 is 1.00 bits per heavy atom. The third-order valence-electron chi connectivity index (χ3n) is 12.5. The van der Waals surface area contributed by atoms with E-state index in [1.165, 1.54) is 32.1 Å². The average Bonchev–Trinajstić information content (AvgIpc) is 3.44. The summed E-state index contributed by atoms with van der Waals surface area (Å²) in [6.45, 7) is 4.44. The van der Waals surface area contributed by atoms with Gasteiger partial charge in [0.1, 0.15) is 13.2 Å². The van der Waals surface area contributed by atoms with Crippen LogP contribution in [0.4, 0.5) is 0 Å². The summed E-state index contributed by atoms with van der Waals surface area (Å²) in [6.07, 6.45) is 88.4. The number of allylic oxidation sites excluding steroid dienone is 28. The van der Waals surface area contributed by atoms with Crippen molar-refractivity contribution in [2.45, 2.75) is 219 Å². The molecule has 0 N–H and O–H groups in total. The molecular formula is C72H113NO8. The topological polar surface area (TPSA) is 111 Å². The summed E-state index contributed by atoms with van der Waals surface area (Å²) in [4.78, 5) is 37.3. The van der Waals surface area contributed by atoms with Crippen LogP contribution in [0.5, 0.6) is 0 Å². The molecule has 0 radical (unpaired) electrons.